The lowest BCUT2D eigenvalue weighted by molar-refractivity contribution is 0.0990. The minimum Gasteiger partial charge on any atom is -0.366 e. The second-order valence-electron chi connectivity index (χ2n) is 5.71. The lowest BCUT2D eigenvalue weighted by atomic mass is 9.85. The Bertz CT molecular complexity index is 752. The third-order valence-electron chi connectivity index (χ3n) is 4.09. The highest BCUT2D eigenvalue weighted by atomic mass is 19.1. The Kier molecular flexibility index (Phi) is 4.10. The number of carbonyl (C=O) groups excluding carboxylic acids is 2. The fraction of sp³-hybridized carbons (Fsp3) is 0.312. The van der Waals surface area contributed by atoms with E-state index in [-0.39, 0.29) is 11.5 Å². The number of hydrogen-bond acceptors (Lipinski definition) is 3. The molecule has 1 fully saturated rings. The summed E-state index contributed by atoms with van der Waals surface area (Å²) in [5.41, 5.74) is 5.58. The third-order valence-corrected chi connectivity index (χ3v) is 4.09. The molecule has 1 aromatic carbocycles. The van der Waals surface area contributed by atoms with E-state index in [1.165, 1.54) is 18.6 Å². The molecule has 6 nitrogen and oxygen atoms in total. The van der Waals surface area contributed by atoms with E-state index in [4.69, 9.17) is 5.73 Å². The summed E-state index contributed by atoms with van der Waals surface area (Å²) in [7, 11) is 0. The number of amides is 2. The topological polar surface area (TPSA) is 90.0 Å². The van der Waals surface area contributed by atoms with Crippen molar-refractivity contribution < 1.29 is 14.0 Å². The molecule has 23 heavy (non-hydrogen) atoms. The van der Waals surface area contributed by atoms with Gasteiger partial charge in [-0.1, -0.05) is 6.42 Å². The van der Waals surface area contributed by atoms with Crippen molar-refractivity contribution in [1.82, 2.24) is 9.78 Å². The standard InChI is InChI=1S/C16H17FN4O2/c17-13-5-4-11(8-12(13)15(18)22)20-16(23)14-6-7-19-21(14)9-10-2-1-3-10/h4-8,10H,1-3,9H2,(H2,18,22)(H,20,23). The quantitative estimate of drug-likeness (QED) is 0.886. The maximum absolute atomic E-state index is 13.5. The van der Waals surface area contributed by atoms with Gasteiger partial charge in [0.25, 0.3) is 11.8 Å². The Balaban J connectivity index is 1.75. The molecule has 0 atom stereocenters. The summed E-state index contributed by atoms with van der Waals surface area (Å²) < 4.78 is 15.1. The fourth-order valence-corrected chi connectivity index (χ4v) is 2.58. The largest absolute Gasteiger partial charge is 0.366 e. The molecule has 1 saturated carbocycles. The van der Waals surface area contributed by atoms with Gasteiger partial charge >= 0.3 is 0 Å². The Labute approximate surface area is 132 Å². The number of nitrogens with zero attached hydrogens (tertiary/aromatic N) is 2. The molecule has 1 aromatic heterocycles. The van der Waals surface area contributed by atoms with E-state index in [1.807, 2.05) is 0 Å². The van der Waals surface area contributed by atoms with Crippen LogP contribution in [0.15, 0.2) is 30.5 Å². The van der Waals surface area contributed by atoms with E-state index >= 15 is 0 Å². The lowest BCUT2D eigenvalue weighted by Crippen LogP contribution is -2.24. The first-order valence-electron chi connectivity index (χ1n) is 7.47. The average molecular weight is 316 g/mol. The van der Waals surface area contributed by atoms with Gasteiger partial charge in [0.1, 0.15) is 11.5 Å². The van der Waals surface area contributed by atoms with Crippen LogP contribution in [0, 0.1) is 11.7 Å². The lowest BCUT2D eigenvalue weighted by Gasteiger charge is -2.25. The van der Waals surface area contributed by atoms with Gasteiger partial charge in [-0.2, -0.15) is 5.10 Å². The van der Waals surface area contributed by atoms with Crippen LogP contribution in [0.25, 0.3) is 0 Å². The van der Waals surface area contributed by atoms with Crippen LogP contribution in [0.2, 0.25) is 0 Å². The molecule has 1 aliphatic carbocycles. The van der Waals surface area contributed by atoms with E-state index in [9.17, 15) is 14.0 Å². The number of primary amides is 1. The van der Waals surface area contributed by atoms with Gasteiger partial charge in [-0.3, -0.25) is 14.3 Å². The molecular weight excluding hydrogens is 299 g/mol. The predicted octanol–water partition coefficient (Wildman–Crippen LogP) is 2.17. The first-order chi connectivity index (χ1) is 11.0. The molecule has 0 bridgehead atoms. The van der Waals surface area contributed by atoms with Crippen molar-refractivity contribution in [3.63, 3.8) is 0 Å². The Morgan fingerprint density at radius 3 is 2.78 bits per heavy atom. The fourth-order valence-electron chi connectivity index (χ4n) is 2.58. The molecule has 0 saturated heterocycles. The molecule has 1 heterocycles. The Morgan fingerprint density at radius 2 is 2.13 bits per heavy atom. The molecule has 120 valence electrons. The maximum atomic E-state index is 13.5. The second kappa shape index (κ2) is 6.20. The highest BCUT2D eigenvalue weighted by Crippen LogP contribution is 2.28. The molecule has 2 aromatic rings. The second-order valence-corrected chi connectivity index (χ2v) is 5.71. The van der Waals surface area contributed by atoms with E-state index < -0.39 is 11.7 Å². The monoisotopic (exact) mass is 316 g/mol. The summed E-state index contributed by atoms with van der Waals surface area (Å²) in [6, 6.07) is 5.34. The van der Waals surface area contributed by atoms with Gasteiger partial charge < -0.3 is 11.1 Å². The minimum atomic E-state index is -0.881. The zero-order valence-electron chi connectivity index (χ0n) is 12.5. The molecule has 7 heteroatoms. The number of nitrogens with two attached hydrogens (primary N) is 1. The minimum absolute atomic E-state index is 0.259. The molecule has 0 unspecified atom stereocenters. The van der Waals surface area contributed by atoms with Crippen molar-refractivity contribution in [3.05, 3.63) is 47.5 Å². The molecule has 3 rings (SSSR count). The van der Waals surface area contributed by atoms with Gasteiger partial charge in [-0.05, 0) is 43.0 Å². The van der Waals surface area contributed by atoms with E-state index in [2.05, 4.69) is 10.4 Å². The summed E-state index contributed by atoms with van der Waals surface area (Å²) >= 11 is 0. The summed E-state index contributed by atoms with van der Waals surface area (Å²) in [6.45, 7) is 0.714. The molecule has 1 aliphatic rings. The predicted molar refractivity (Wildman–Crippen MR) is 82.4 cm³/mol. The highest BCUT2D eigenvalue weighted by Gasteiger charge is 2.21. The smallest absolute Gasteiger partial charge is 0.273 e. The third kappa shape index (κ3) is 3.23. The zero-order chi connectivity index (χ0) is 16.4. The number of rotatable bonds is 5. The Morgan fingerprint density at radius 1 is 1.35 bits per heavy atom. The molecular formula is C16H17FN4O2. The van der Waals surface area contributed by atoms with Crippen LogP contribution in [-0.4, -0.2) is 21.6 Å². The van der Waals surface area contributed by atoms with Crippen LogP contribution in [0.4, 0.5) is 10.1 Å². The average Bonchev–Trinajstić information content (AvgIpc) is 2.93. The summed E-state index contributed by atoms with van der Waals surface area (Å²) in [6.07, 6.45) is 5.10. The van der Waals surface area contributed by atoms with Gasteiger partial charge in [0.05, 0.1) is 5.56 Å². The number of anilines is 1. The van der Waals surface area contributed by atoms with Crippen molar-refractivity contribution in [3.8, 4) is 0 Å². The van der Waals surface area contributed by atoms with Crippen LogP contribution in [0.1, 0.15) is 40.1 Å². The number of nitrogens with one attached hydrogen (secondary N) is 1. The molecule has 3 N–H and O–H groups in total. The number of carbonyl (C=O) groups is 2. The summed E-state index contributed by atoms with van der Waals surface area (Å²) in [5, 5.41) is 6.82. The normalized spacial score (nSPS) is 14.3. The van der Waals surface area contributed by atoms with E-state index in [1.54, 1.807) is 16.9 Å². The van der Waals surface area contributed by atoms with Crippen LogP contribution >= 0.6 is 0 Å². The number of hydrogen-bond donors (Lipinski definition) is 2. The van der Waals surface area contributed by atoms with Gasteiger partial charge in [-0.25, -0.2) is 4.39 Å². The first-order valence-corrected chi connectivity index (χ1v) is 7.47. The summed E-state index contributed by atoms with van der Waals surface area (Å²) in [4.78, 5) is 23.5. The first kappa shape index (κ1) is 15.2. The van der Waals surface area contributed by atoms with E-state index in [0.29, 0.717) is 23.8 Å². The SMILES string of the molecule is NC(=O)c1cc(NC(=O)c2ccnn2CC2CCC2)ccc1F. The van der Waals surface area contributed by atoms with E-state index in [0.717, 1.165) is 18.9 Å². The number of aromatic nitrogens is 2. The molecule has 0 aliphatic heterocycles. The van der Waals surface area contributed by atoms with Gasteiger partial charge in [0.2, 0.25) is 0 Å². The van der Waals surface area contributed by atoms with Crippen molar-refractivity contribution in [2.45, 2.75) is 25.8 Å². The number of benzene rings is 1. The van der Waals surface area contributed by atoms with Gasteiger partial charge in [0.15, 0.2) is 0 Å². The van der Waals surface area contributed by atoms with Gasteiger partial charge in [-0.15, -0.1) is 0 Å². The van der Waals surface area contributed by atoms with Crippen molar-refractivity contribution in [2.75, 3.05) is 5.32 Å². The van der Waals surface area contributed by atoms with Gasteiger partial charge in [0, 0.05) is 18.4 Å². The highest BCUT2D eigenvalue weighted by molar-refractivity contribution is 6.04. The number of halogens is 1. The van der Waals surface area contributed by atoms with Crippen molar-refractivity contribution >= 4 is 17.5 Å². The van der Waals surface area contributed by atoms with Crippen molar-refractivity contribution in [2.24, 2.45) is 11.7 Å². The van der Waals surface area contributed by atoms with Crippen LogP contribution in [-0.2, 0) is 6.54 Å². The molecule has 0 spiro atoms. The maximum Gasteiger partial charge on any atom is 0.273 e. The zero-order valence-corrected chi connectivity index (χ0v) is 12.5. The summed E-state index contributed by atoms with van der Waals surface area (Å²) in [5.74, 6) is -1.39. The van der Waals surface area contributed by atoms with Crippen LogP contribution in [0.3, 0.4) is 0 Å². The Hall–Kier alpha value is -2.70. The molecule has 2 amide bonds. The van der Waals surface area contributed by atoms with Crippen LogP contribution in [0.5, 0.6) is 0 Å². The van der Waals surface area contributed by atoms with Crippen molar-refractivity contribution in [1.29, 1.82) is 0 Å². The molecule has 0 radical (unpaired) electrons. The van der Waals surface area contributed by atoms with Crippen LogP contribution < -0.4 is 11.1 Å².